The second-order valence-electron chi connectivity index (χ2n) is 3.67. The highest BCUT2D eigenvalue weighted by molar-refractivity contribution is 6.05. The van der Waals surface area contributed by atoms with E-state index in [2.05, 4.69) is 5.32 Å². The highest BCUT2D eigenvalue weighted by Gasteiger charge is 2.10. The zero-order chi connectivity index (χ0) is 12.4. The standard InChI is InChI=1S/C12H12N2O3/c1-7-4-8(6-17-7)12(16)14-11-3-2-9(15)5-10(11)13/h2-6,15H,13H2,1H3,(H,14,16). The normalized spacial score (nSPS) is 10.2. The van der Waals surface area contributed by atoms with E-state index in [-0.39, 0.29) is 11.7 Å². The first kappa shape index (κ1) is 11.1. The Hall–Kier alpha value is -2.43. The summed E-state index contributed by atoms with van der Waals surface area (Å²) in [5.74, 6) is 0.410. The smallest absolute Gasteiger partial charge is 0.258 e. The van der Waals surface area contributed by atoms with Crippen molar-refractivity contribution in [3.05, 3.63) is 41.9 Å². The van der Waals surface area contributed by atoms with Crippen molar-refractivity contribution in [1.29, 1.82) is 0 Å². The van der Waals surface area contributed by atoms with Gasteiger partial charge in [0.15, 0.2) is 0 Å². The molecule has 0 saturated heterocycles. The van der Waals surface area contributed by atoms with Crippen LogP contribution in [0, 0.1) is 6.92 Å². The number of aromatic hydroxyl groups is 1. The maximum atomic E-state index is 11.8. The molecule has 0 radical (unpaired) electrons. The first-order valence-electron chi connectivity index (χ1n) is 5.01. The number of carbonyl (C=O) groups excluding carboxylic acids is 1. The number of anilines is 2. The maximum absolute atomic E-state index is 11.8. The van der Waals surface area contributed by atoms with E-state index in [1.165, 1.54) is 24.5 Å². The number of hydrogen-bond donors (Lipinski definition) is 3. The van der Waals surface area contributed by atoms with Crippen molar-refractivity contribution in [1.82, 2.24) is 0 Å². The van der Waals surface area contributed by atoms with Gasteiger partial charge in [-0.2, -0.15) is 0 Å². The molecule has 0 unspecified atom stereocenters. The van der Waals surface area contributed by atoms with Crippen LogP contribution in [0.2, 0.25) is 0 Å². The van der Waals surface area contributed by atoms with Crippen LogP contribution in [0.3, 0.4) is 0 Å². The van der Waals surface area contributed by atoms with Crippen LogP contribution in [0.25, 0.3) is 0 Å². The van der Waals surface area contributed by atoms with Gasteiger partial charge in [-0.15, -0.1) is 0 Å². The van der Waals surface area contributed by atoms with Crippen LogP contribution in [-0.4, -0.2) is 11.0 Å². The third kappa shape index (κ3) is 2.39. The minimum Gasteiger partial charge on any atom is -0.508 e. The molecule has 1 heterocycles. The monoisotopic (exact) mass is 232 g/mol. The van der Waals surface area contributed by atoms with Gasteiger partial charge >= 0.3 is 0 Å². The van der Waals surface area contributed by atoms with Crippen molar-refractivity contribution in [2.45, 2.75) is 6.92 Å². The first-order valence-corrected chi connectivity index (χ1v) is 5.01. The van der Waals surface area contributed by atoms with Crippen LogP contribution in [0.15, 0.2) is 34.9 Å². The molecule has 0 fully saturated rings. The fourth-order valence-corrected chi connectivity index (χ4v) is 1.42. The third-order valence-corrected chi connectivity index (χ3v) is 2.28. The Morgan fingerprint density at radius 3 is 2.76 bits per heavy atom. The summed E-state index contributed by atoms with van der Waals surface area (Å²) < 4.78 is 5.04. The molecule has 88 valence electrons. The molecule has 1 amide bonds. The van der Waals surface area contributed by atoms with E-state index in [9.17, 15) is 9.90 Å². The third-order valence-electron chi connectivity index (χ3n) is 2.28. The number of nitrogens with two attached hydrogens (primary N) is 1. The fraction of sp³-hybridized carbons (Fsp3) is 0.0833. The molecule has 0 spiro atoms. The van der Waals surface area contributed by atoms with Crippen LogP contribution in [0.5, 0.6) is 5.75 Å². The van der Waals surface area contributed by atoms with Gasteiger partial charge in [-0.05, 0) is 25.1 Å². The summed E-state index contributed by atoms with van der Waals surface area (Å²) in [5, 5.41) is 11.8. The molecule has 4 N–H and O–H groups in total. The van der Waals surface area contributed by atoms with E-state index in [1.54, 1.807) is 13.0 Å². The van der Waals surface area contributed by atoms with Gasteiger partial charge in [-0.25, -0.2) is 0 Å². The molecule has 2 rings (SSSR count). The van der Waals surface area contributed by atoms with Crippen molar-refractivity contribution in [3.63, 3.8) is 0 Å². The lowest BCUT2D eigenvalue weighted by molar-refractivity contribution is 0.102. The molecule has 0 bridgehead atoms. The lowest BCUT2D eigenvalue weighted by Crippen LogP contribution is -2.12. The summed E-state index contributed by atoms with van der Waals surface area (Å²) in [5.41, 5.74) is 6.84. The summed E-state index contributed by atoms with van der Waals surface area (Å²) in [6.45, 7) is 1.76. The van der Waals surface area contributed by atoms with Gasteiger partial charge in [0.1, 0.15) is 17.8 Å². The largest absolute Gasteiger partial charge is 0.508 e. The molecule has 17 heavy (non-hydrogen) atoms. The summed E-state index contributed by atoms with van der Waals surface area (Å²) in [7, 11) is 0. The average molecular weight is 232 g/mol. The van der Waals surface area contributed by atoms with Crippen LogP contribution in [0.4, 0.5) is 11.4 Å². The molecule has 1 aromatic heterocycles. The van der Waals surface area contributed by atoms with Gasteiger partial charge in [0.05, 0.1) is 16.9 Å². The Labute approximate surface area is 97.9 Å². The van der Waals surface area contributed by atoms with E-state index in [4.69, 9.17) is 10.2 Å². The molecule has 1 aromatic carbocycles. The lowest BCUT2D eigenvalue weighted by atomic mass is 10.2. The van der Waals surface area contributed by atoms with Crippen molar-refractivity contribution in [2.24, 2.45) is 0 Å². The van der Waals surface area contributed by atoms with Gasteiger partial charge in [0.25, 0.3) is 5.91 Å². The number of nitrogens with one attached hydrogen (secondary N) is 1. The molecule has 0 aliphatic heterocycles. The van der Waals surface area contributed by atoms with Crippen molar-refractivity contribution in [3.8, 4) is 5.75 Å². The predicted molar refractivity (Wildman–Crippen MR) is 63.9 cm³/mol. The van der Waals surface area contributed by atoms with Crippen molar-refractivity contribution < 1.29 is 14.3 Å². The summed E-state index contributed by atoms with van der Waals surface area (Å²) in [6.07, 6.45) is 1.38. The van der Waals surface area contributed by atoms with Gasteiger partial charge in [0, 0.05) is 6.07 Å². The number of aryl methyl sites for hydroxylation is 1. The molecule has 0 aliphatic rings. The lowest BCUT2D eigenvalue weighted by Gasteiger charge is -2.06. The van der Waals surface area contributed by atoms with E-state index in [0.29, 0.717) is 22.7 Å². The van der Waals surface area contributed by atoms with Crippen LogP contribution in [0.1, 0.15) is 16.1 Å². The van der Waals surface area contributed by atoms with Crippen molar-refractivity contribution >= 4 is 17.3 Å². The molecular formula is C12H12N2O3. The Kier molecular flexibility index (Phi) is 2.74. The number of phenols is 1. The van der Waals surface area contributed by atoms with E-state index < -0.39 is 0 Å². The van der Waals surface area contributed by atoms with E-state index in [1.807, 2.05) is 0 Å². The maximum Gasteiger partial charge on any atom is 0.258 e. The summed E-state index contributed by atoms with van der Waals surface area (Å²) in [6, 6.07) is 5.99. The van der Waals surface area contributed by atoms with E-state index in [0.717, 1.165) is 0 Å². The van der Waals surface area contributed by atoms with Gasteiger partial charge in [-0.1, -0.05) is 0 Å². The van der Waals surface area contributed by atoms with Crippen LogP contribution < -0.4 is 11.1 Å². The van der Waals surface area contributed by atoms with Gasteiger partial charge in [0.2, 0.25) is 0 Å². The highest BCUT2D eigenvalue weighted by atomic mass is 16.3. The Bertz CT molecular complexity index is 561. The van der Waals surface area contributed by atoms with Crippen LogP contribution >= 0.6 is 0 Å². The zero-order valence-electron chi connectivity index (χ0n) is 9.23. The highest BCUT2D eigenvalue weighted by Crippen LogP contribution is 2.23. The zero-order valence-corrected chi connectivity index (χ0v) is 9.23. The number of amides is 1. The molecule has 5 heteroatoms. The molecule has 5 nitrogen and oxygen atoms in total. The summed E-state index contributed by atoms with van der Waals surface area (Å²) >= 11 is 0. The number of carbonyl (C=O) groups is 1. The van der Waals surface area contributed by atoms with Gasteiger partial charge < -0.3 is 20.6 Å². The number of furan rings is 1. The minimum atomic E-state index is -0.306. The number of phenolic OH excluding ortho intramolecular Hbond substituents is 1. The van der Waals surface area contributed by atoms with E-state index >= 15 is 0 Å². The number of rotatable bonds is 2. The quantitative estimate of drug-likeness (QED) is 0.546. The molecule has 2 aromatic rings. The molecule has 0 aliphatic carbocycles. The topological polar surface area (TPSA) is 88.5 Å². The fourth-order valence-electron chi connectivity index (χ4n) is 1.42. The first-order chi connectivity index (χ1) is 8.06. The molecule has 0 saturated carbocycles. The van der Waals surface area contributed by atoms with Gasteiger partial charge in [-0.3, -0.25) is 4.79 Å². The average Bonchev–Trinajstić information content (AvgIpc) is 2.69. The molecule has 0 atom stereocenters. The van der Waals surface area contributed by atoms with Crippen molar-refractivity contribution in [2.75, 3.05) is 11.1 Å². The second-order valence-corrected chi connectivity index (χ2v) is 3.67. The Morgan fingerprint density at radius 1 is 1.41 bits per heavy atom. The Balaban J connectivity index is 2.18. The molecular weight excluding hydrogens is 220 g/mol. The number of hydrogen-bond acceptors (Lipinski definition) is 4. The predicted octanol–water partition coefficient (Wildman–Crippen LogP) is 2.13. The number of benzene rings is 1. The Morgan fingerprint density at radius 2 is 2.18 bits per heavy atom. The SMILES string of the molecule is Cc1cc(C(=O)Nc2ccc(O)cc2N)co1. The summed E-state index contributed by atoms with van der Waals surface area (Å²) in [4.78, 5) is 11.8. The minimum absolute atomic E-state index is 0.0552. The second kappa shape index (κ2) is 4.21. The number of nitrogen functional groups attached to an aromatic ring is 1. The van der Waals surface area contributed by atoms with Crippen LogP contribution in [-0.2, 0) is 0 Å².